The zero-order chi connectivity index (χ0) is 27.1. The zero-order valence-corrected chi connectivity index (χ0v) is 22.4. The molecule has 1 fully saturated rings. The number of piperazine rings is 1. The SMILES string of the molecule is CN1C(=O)NC(c2ccccc2Cl)C2=C1CN(CCC(=O)N1CCN(Cc3ccc4c(c3)OCO4)CC1)C2=O. The van der Waals surface area contributed by atoms with E-state index in [1.54, 1.807) is 18.0 Å². The summed E-state index contributed by atoms with van der Waals surface area (Å²) in [5.74, 6) is 1.40. The van der Waals surface area contributed by atoms with Gasteiger partial charge >= 0.3 is 6.03 Å². The number of hydrogen-bond donors (Lipinski definition) is 1. The van der Waals surface area contributed by atoms with Crippen LogP contribution in [0.25, 0.3) is 0 Å². The predicted octanol–water partition coefficient (Wildman–Crippen LogP) is 2.60. The molecular formula is C28H30ClN5O5. The molecule has 0 aromatic heterocycles. The highest BCUT2D eigenvalue weighted by Gasteiger charge is 2.43. The number of carbonyl (C=O) groups excluding carboxylic acids is 3. The zero-order valence-electron chi connectivity index (χ0n) is 21.7. The first kappa shape index (κ1) is 25.5. The molecule has 4 heterocycles. The fourth-order valence-electron chi connectivity index (χ4n) is 5.59. The lowest BCUT2D eigenvalue weighted by Gasteiger charge is -2.35. The van der Waals surface area contributed by atoms with Gasteiger partial charge in [-0.2, -0.15) is 0 Å². The molecule has 39 heavy (non-hydrogen) atoms. The minimum atomic E-state index is -0.622. The Bertz CT molecular complexity index is 1360. The van der Waals surface area contributed by atoms with Crippen molar-refractivity contribution in [1.82, 2.24) is 24.9 Å². The molecule has 6 rings (SSSR count). The molecule has 1 N–H and O–H groups in total. The minimum Gasteiger partial charge on any atom is -0.454 e. The molecule has 2 aromatic carbocycles. The van der Waals surface area contributed by atoms with E-state index in [-0.39, 0.29) is 37.6 Å². The molecule has 2 aromatic rings. The Labute approximate surface area is 231 Å². The molecule has 0 bridgehead atoms. The summed E-state index contributed by atoms with van der Waals surface area (Å²) in [5, 5.41) is 3.38. The average Bonchev–Trinajstić information content (AvgIpc) is 3.54. The van der Waals surface area contributed by atoms with Gasteiger partial charge in [0.2, 0.25) is 12.7 Å². The van der Waals surface area contributed by atoms with E-state index in [9.17, 15) is 14.4 Å². The second-order valence-corrected chi connectivity index (χ2v) is 10.6. The van der Waals surface area contributed by atoms with Gasteiger partial charge in [0, 0.05) is 57.8 Å². The monoisotopic (exact) mass is 551 g/mol. The van der Waals surface area contributed by atoms with Crippen molar-refractivity contribution >= 4 is 29.4 Å². The van der Waals surface area contributed by atoms with Gasteiger partial charge in [-0.1, -0.05) is 35.9 Å². The van der Waals surface area contributed by atoms with Gasteiger partial charge < -0.3 is 24.6 Å². The Morgan fingerprint density at radius 2 is 1.82 bits per heavy atom. The topological polar surface area (TPSA) is 94.7 Å². The van der Waals surface area contributed by atoms with Crippen LogP contribution in [0.3, 0.4) is 0 Å². The Hall–Kier alpha value is -3.76. The number of halogens is 1. The molecule has 1 atom stereocenters. The lowest BCUT2D eigenvalue weighted by atomic mass is 9.95. The van der Waals surface area contributed by atoms with E-state index >= 15 is 0 Å². The second kappa shape index (κ2) is 10.4. The summed E-state index contributed by atoms with van der Waals surface area (Å²) in [7, 11) is 1.65. The van der Waals surface area contributed by atoms with Gasteiger partial charge in [0.15, 0.2) is 11.5 Å². The first-order valence-corrected chi connectivity index (χ1v) is 13.5. The fraction of sp³-hybridized carbons (Fsp3) is 0.393. The highest BCUT2D eigenvalue weighted by atomic mass is 35.5. The Kier molecular flexibility index (Phi) is 6.82. The third-order valence-corrected chi connectivity index (χ3v) is 8.16. The van der Waals surface area contributed by atoms with Crippen LogP contribution >= 0.6 is 11.6 Å². The number of fused-ring (bicyclic) bond motifs is 1. The van der Waals surface area contributed by atoms with Gasteiger partial charge in [-0.3, -0.25) is 19.4 Å². The van der Waals surface area contributed by atoms with Crippen molar-refractivity contribution in [3.63, 3.8) is 0 Å². The van der Waals surface area contributed by atoms with Crippen molar-refractivity contribution in [3.05, 3.63) is 69.9 Å². The Balaban J connectivity index is 1.04. The first-order chi connectivity index (χ1) is 18.9. The van der Waals surface area contributed by atoms with Crippen LogP contribution in [-0.4, -0.2) is 90.6 Å². The van der Waals surface area contributed by atoms with Crippen LogP contribution in [0.4, 0.5) is 4.79 Å². The maximum atomic E-state index is 13.5. The van der Waals surface area contributed by atoms with Crippen LogP contribution in [0, 0.1) is 0 Å². The standard InChI is InChI=1S/C28H30ClN5O5/c1-31-21-16-34(27(36)25(21)26(30-28(31)37)19-4-2-3-5-20(19)29)9-8-24(35)33-12-10-32(11-13-33)15-18-6-7-22-23(14-18)39-17-38-22/h2-7,14,26H,8-13,15-17H2,1H3,(H,30,37). The number of nitrogens with one attached hydrogen (secondary N) is 1. The van der Waals surface area contributed by atoms with E-state index in [1.807, 2.05) is 41.3 Å². The van der Waals surface area contributed by atoms with E-state index in [0.29, 0.717) is 41.5 Å². The second-order valence-electron chi connectivity index (χ2n) is 10.1. The van der Waals surface area contributed by atoms with Crippen LogP contribution < -0.4 is 14.8 Å². The van der Waals surface area contributed by atoms with Crippen LogP contribution in [-0.2, 0) is 16.1 Å². The van der Waals surface area contributed by atoms with Gasteiger partial charge in [0.05, 0.1) is 23.9 Å². The van der Waals surface area contributed by atoms with Crippen LogP contribution in [0.1, 0.15) is 23.6 Å². The fourth-order valence-corrected chi connectivity index (χ4v) is 5.83. The Morgan fingerprint density at radius 1 is 1.05 bits per heavy atom. The molecule has 0 aliphatic carbocycles. The number of benzene rings is 2. The number of hydrogen-bond acceptors (Lipinski definition) is 6. The number of rotatable bonds is 6. The van der Waals surface area contributed by atoms with E-state index in [4.69, 9.17) is 21.1 Å². The van der Waals surface area contributed by atoms with Gasteiger partial charge in [0.25, 0.3) is 5.91 Å². The number of carbonyl (C=O) groups is 3. The lowest BCUT2D eigenvalue weighted by molar-refractivity contribution is -0.134. The highest BCUT2D eigenvalue weighted by molar-refractivity contribution is 6.31. The lowest BCUT2D eigenvalue weighted by Crippen LogP contribution is -2.48. The van der Waals surface area contributed by atoms with E-state index in [1.165, 1.54) is 4.90 Å². The molecule has 1 unspecified atom stereocenters. The molecule has 204 valence electrons. The van der Waals surface area contributed by atoms with E-state index in [2.05, 4.69) is 10.2 Å². The van der Waals surface area contributed by atoms with Crippen molar-refractivity contribution in [3.8, 4) is 11.5 Å². The normalized spacial score (nSPS) is 21.0. The van der Waals surface area contributed by atoms with Gasteiger partial charge in [-0.25, -0.2) is 4.79 Å². The van der Waals surface area contributed by atoms with E-state index < -0.39 is 6.04 Å². The number of likely N-dealkylation sites (N-methyl/N-ethyl adjacent to an activating group) is 1. The first-order valence-electron chi connectivity index (χ1n) is 13.1. The predicted molar refractivity (Wildman–Crippen MR) is 143 cm³/mol. The smallest absolute Gasteiger partial charge is 0.322 e. The molecule has 4 aliphatic heterocycles. The third-order valence-electron chi connectivity index (χ3n) is 7.82. The van der Waals surface area contributed by atoms with Gasteiger partial charge in [-0.05, 0) is 29.3 Å². The molecule has 11 heteroatoms. The highest BCUT2D eigenvalue weighted by Crippen LogP contribution is 2.38. The van der Waals surface area contributed by atoms with Crippen LogP contribution in [0.2, 0.25) is 5.02 Å². The van der Waals surface area contributed by atoms with Gasteiger partial charge in [-0.15, -0.1) is 0 Å². The van der Waals surface area contributed by atoms with Crippen molar-refractivity contribution in [2.75, 3.05) is 53.1 Å². The summed E-state index contributed by atoms with van der Waals surface area (Å²) < 4.78 is 10.9. The maximum Gasteiger partial charge on any atom is 0.322 e. The molecule has 0 radical (unpaired) electrons. The number of amides is 4. The summed E-state index contributed by atoms with van der Waals surface area (Å²) >= 11 is 6.41. The Morgan fingerprint density at radius 3 is 2.62 bits per heavy atom. The van der Waals surface area contributed by atoms with Crippen LogP contribution in [0.15, 0.2) is 53.7 Å². The van der Waals surface area contributed by atoms with Crippen molar-refractivity contribution in [1.29, 1.82) is 0 Å². The molecule has 4 amide bonds. The molecule has 4 aliphatic rings. The summed E-state index contributed by atoms with van der Waals surface area (Å²) in [5.41, 5.74) is 2.99. The van der Waals surface area contributed by atoms with Crippen LogP contribution in [0.5, 0.6) is 11.5 Å². The largest absolute Gasteiger partial charge is 0.454 e. The molecule has 0 spiro atoms. The number of ether oxygens (including phenoxy) is 2. The quantitative estimate of drug-likeness (QED) is 0.593. The van der Waals surface area contributed by atoms with Crippen molar-refractivity contribution in [2.24, 2.45) is 0 Å². The van der Waals surface area contributed by atoms with Crippen molar-refractivity contribution < 1.29 is 23.9 Å². The average molecular weight is 552 g/mol. The molecule has 0 saturated carbocycles. The number of nitrogens with zero attached hydrogens (tertiary/aromatic N) is 4. The molecular weight excluding hydrogens is 522 g/mol. The summed E-state index contributed by atoms with van der Waals surface area (Å²) in [6.45, 7) is 4.45. The molecule has 10 nitrogen and oxygen atoms in total. The van der Waals surface area contributed by atoms with Gasteiger partial charge in [0.1, 0.15) is 0 Å². The van der Waals surface area contributed by atoms with E-state index in [0.717, 1.165) is 36.7 Å². The summed E-state index contributed by atoms with van der Waals surface area (Å²) in [6, 6.07) is 12.3. The number of urea groups is 1. The summed E-state index contributed by atoms with van der Waals surface area (Å²) in [6.07, 6.45) is 0.232. The summed E-state index contributed by atoms with van der Waals surface area (Å²) in [4.78, 5) is 46.5. The third kappa shape index (κ3) is 4.90. The molecule has 1 saturated heterocycles. The van der Waals surface area contributed by atoms with Crippen molar-refractivity contribution in [2.45, 2.75) is 19.0 Å². The minimum absolute atomic E-state index is 0.0283. The maximum absolute atomic E-state index is 13.5.